The van der Waals surface area contributed by atoms with Gasteiger partial charge in [0, 0.05) is 35.0 Å². The molecule has 0 unspecified atom stereocenters. The Morgan fingerprint density at radius 1 is 1.15 bits per heavy atom. The van der Waals surface area contributed by atoms with Crippen molar-refractivity contribution in [1.29, 1.82) is 0 Å². The molecule has 0 N–H and O–H groups in total. The van der Waals surface area contributed by atoms with Crippen LogP contribution in [0.15, 0.2) is 47.8 Å². The fourth-order valence-electron chi connectivity index (χ4n) is 3.30. The van der Waals surface area contributed by atoms with Gasteiger partial charge in [0.1, 0.15) is 5.69 Å². The third-order valence-electron chi connectivity index (χ3n) is 4.76. The molecule has 136 valence electrons. The third kappa shape index (κ3) is 3.31. The van der Waals surface area contributed by atoms with Crippen molar-refractivity contribution in [2.75, 3.05) is 0 Å². The highest BCUT2D eigenvalue weighted by Gasteiger charge is 2.28. The number of aryl methyl sites for hydroxylation is 1. The second kappa shape index (κ2) is 6.62. The van der Waals surface area contributed by atoms with E-state index < -0.39 is 0 Å². The lowest BCUT2D eigenvalue weighted by Crippen LogP contribution is -2.01. The van der Waals surface area contributed by atoms with E-state index in [-0.39, 0.29) is 0 Å². The van der Waals surface area contributed by atoms with E-state index in [4.69, 9.17) is 26.8 Å². The fraction of sp³-hybridized carbons (Fsp3) is 0.250. The Morgan fingerprint density at radius 3 is 2.78 bits per heavy atom. The second-order valence-electron chi connectivity index (χ2n) is 6.85. The molecule has 0 bridgehead atoms. The summed E-state index contributed by atoms with van der Waals surface area (Å²) in [4.78, 5) is 6.08. The van der Waals surface area contributed by atoms with Gasteiger partial charge in [-0.1, -0.05) is 23.7 Å². The summed E-state index contributed by atoms with van der Waals surface area (Å²) in [6.45, 7) is 0. The van der Waals surface area contributed by atoms with Crippen molar-refractivity contribution in [2.45, 2.75) is 25.2 Å². The van der Waals surface area contributed by atoms with Crippen molar-refractivity contribution in [3.8, 4) is 17.2 Å². The maximum atomic E-state index is 6.21. The maximum Gasteiger partial charge on any atom is 0.183 e. The molecule has 0 atom stereocenters. The van der Waals surface area contributed by atoms with E-state index in [1.54, 1.807) is 11.3 Å². The van der Waals surface area contributed by atoms with Gasteiger partial charge in [-0.3, -0.25) is 4.68 Å². The molecule has 0 aliphatic heterocycles. The normalized spacial score (nSPS) is 14.0. The molecule has 0 radical (unpaired) electrons. The lowest BCUT2D eigenvalue weighted by Gasteiger charge is -2.04. The molecule has 27 heavy (non-hydrogen) atoms. The molecule has 4 aromatic rings. The molecule has 1 aromatic carbocycles. The fourth-order valence-corrected chi connectivity index (χ4v) is 4.19. The van der Waals surface area contributed by atoms with Crippen LogP contribution < -0.4 is 0 Å². The molecule has 0 spiro atoms. The second-order valence-corrected chi connectivity index (χ2v) is 8.32. The van der Waals surface area contributed by atoms with E-state index in [2.05, 4.69) is 23.6 Å². The summed E-state index contributed by atoms with van der Waals surface area (Å²) < 4.78 is 3.83. The molecule has 3 heterocycles. The lowest BCUT2D eigenvalue weighted by atomic mass is 10.2. The number of hydrogen-bond donors (Lipinski definition) is 0. The van der Waals surface area contributed by atoms with Gasteiger partial charge < -0.3 is 0 Å². The van der Waals surface area contributed by atoms with Crippen LogP contribution in [0.4, 0.5) is 0 Å². The Bertz CT molecular complexity index is 1090. The Balaban J connectivity index is 1.61. The highest BCUT2D eigenvalue weighted by Crippen LogP contribution is 2.41. The van der Waals surface area contributed by atoms with Gasteiger partial charge in [0.15, 0.2) is 11.6 Å². The molecule has 3 aromatic heterocycles. The van der Waals surface area contributed by atoms with Gasteiger partial charge >= 0.3 is 0 Å². The predicted octanol–water partition coefficient (Wildman–Crippen LogP) is 4.85. The van der Waals surface area contributed by atoms with Crippen molar-refractivity contribution in [2.24, 2.45) is 7.05 Å². The van der Waals surface area contributed by atoms with E-state index in [0.717, 1.165) is 23.0 Å². The summed E-state index contributed by atoms with van der Waals surface area (Å²) in [6, 6.07) is 14.0. The summed E-state index contributed by atoms with van der Waals surface area (Å²) in [6.07, 6.45) is 3.19. The van der Waals surface area contributed by atoms with E-state index >= 15 is 0 Å². The van der Waals surface area contributed by atoms with Crippen LogP contribution >= 0.6 is 22.9 Å². The van der Waals surface area contributed by atoms with Gasteiger partial charge in [0.2, 0.25) is 0 Å². The van der Waals surface area contributed by atoms with E-state index in [0.29, 0.717) is 17.4 Å². The number of hydrogen-bond acceptors (Lipinski definition) is 4. The smallest absolute Gasteiger partial charge is 0.183 e. The highest BCUT2D eigenvalue weighted by molar-refractivity contribution is 7.09. The molecule has 1 aliphatic carbocycles. The maximum absolute atomic E-state index is 6.21. The zero-order chi connectivity index (χ0) is 18.4. The molecule has 5 rings (SSSR count). The van der Waals surface area contributed by atoms with Crippen LogP contribution in [0, 0.1) is 0 Å². The average Bonchev–Trinajstić information content (AvgIpc) is 3.05. The summed E-state index contributed by atoms with van der Waals surface area (Å²) in [5, 5.41) is 12.2. The van der Waals surface area contributed by atoms with Crippen LogP contribution in [-0.2, 0) is 13.5 Å². The van der Waals surface area contributed by atoms with Crippen LogP contribution in [0.25, 0.3) is 17.2 Å². The number of nitrogens with zero attached hydrogens (tertiary/aromatic N) is 5. The molecule has 0 saturated heterocycles. The number of benzene rings is 1. The summed E-state index contributed by atoms with van der Waals surface area (Å²) >= 11 is 7.93. The van der Waals surface area contributed by atoms with Crippen LogP contribution in [0.1, 0.15) is 35.2 Å². The predicted molar refractivity (Wildman–Crippen MR) is 108 cm³/mol. The van der Waals surface area contributed by atoms with Crippen LogP contribution in [-0.4, -0.2) is 24.5 Å². The van der Waals surface area contributed by atoms with Gasteiger partial charge in [0.25, 0.3) is 0 Å². The lowest BCUT2D eigenvalue weighted by molar-refractivity contribution is 0.713. The minimum Gasteiger partial charge on any atom is -0.272 e. The number of aromatic nitrogens is 5. The largest absolute Gasteiger partial charge is 0.272 e. The molecule has 7 heteroatoms. The molecule has 0 amide bonds. The van der Waals surface area contributed by atoms with Crippen LogP contribution in [0.5, 0.6) is 0 Å². The summed E-state index contributed by atoms with van der Waals surface area (Å²) in [5.74, 6) is 2.17. The van der Waals surface area contributed by atoms with Crippen molar-refractivity contribution in [1.82, 2.24) is 24.5 Å². The van der Waals surface area contributed by atoms with Crippen molar-refractivity contribution in [3.63, 3.8) is 0 Å². The summed E-state index contributed by atoms with van der Waals surface area (Å²) in [7, 11) is 2.00. The molecule has 1 aliphatic rings. The number of thiophene rings is 1. The Kier molecular flexibility index (Phi) is 4.10. The minimum atomic E-state index is 0.629. The third-order valence-corrected chi connectivity index (χ3v) is 5.87. The first-order chi connectivity index (χ1) is 13.2. The van der Waals surface area contributed by atoms with Gasteiger partial charge in [-0.05, 0) is 48.6 Å². The standard InChI is InChI=1S/C20H18ClN5S/c1-25-18(13-7-8-13)12-17(23-25)20-22-19(11-16-6-3-9-27-16)24-26(20)15-5-2-4-14(21)10-15/h2-6,9-10,12-13H,7-8,11H2,1H3. The van der Waals surface area contributed by atoms with Gasteiger partial charge in [-0.2, -0.15) is 10.2 Å². The molecule has 1 fully saturated rings. The zero-order valence-corrected chi connectivity index (χ0v) is 16.4. The van der Waals surface area contributed by atoms with Gasteiger partial charge in [-0.25, -0.2) is 9.67 Å². The highest BCUT2D eigenvalue weighted by atomic mass is 35.5. The topological polar surface area (TPSA) is 48.5 Å². The zero-order valence-electron chi connectivity index (χ0n) is 14.8. The van der Waals surface area contributed by atoms with E-state index in [1.165, 1.54) is 23.4 Å². The Morgan fingerprint density at radius 2 is 2.04 bits per heavy atom. The van der Waals surface area contributed by atoms with Crippen LogP contribution in [0.2, 0.25) is 5.02 Å². The van der Waals surface area contributed by atoms with Crippen molar-refractivity contribution in [3.05, 3.63) is 69.3 Å². The number of rotatable bonds is 5. The van der Waals surface area contributed by atoms with Gasteiger partial charge in [-0.15, -0.1) is 11.3 Å². The molecule has 5 nitrogen and oxygen atoms in total. The van der Waals surface area contributed by atoms with Crippen molar-refractivity contribution >= 4 is 22.9 Å². The molecular formula is C20H18ClN5S. The Hall–Kier alpha value is -2.44. The SMILES string of the molecule is Cn1nc(-c2nc(Cc3cccs3)nn2-c2cccc(Cl)c2)cc1C1CC1. The Labute approximate surface area is 166 Å². The number of halogens is 1. The van der Waals surface area contributed by atoms with E-state index in [9.17, 15) is 0 Å². The average molecular weight is 396 g/mol. The monoisotopic (exact) mass is 395 g/mol. The van der Waals surface area contributed by atoms with Crippen LogP contribution in [0.3, 0.4) is 0 Å². The van der Waals surface area contributed by atoms with Gasteiger partial charge in [0.05, 0.1) is 5.69 Å². The minimum absolute atomic E-state index is 0.629. The summed E-state index contributed by atoms with van der Waals surface area (Å²) in [5.41, 5.74) is 3.01. The first kappa shape index (κ1) is 16.7. The van der Waals surface area contributed by atoms with Crippen molar-refractivity contribution < 1.29 is 0 Å². The first-order valence-corrected chi connectivity index (χ1v) is 10.2. The van der Waals surface area contributed by atoms with E-state index in [1.807, 2.05) is 40.7 Å². The first-order valence-electron chi connectivity index (χ1n) is 8.96. The molecule has 1 saturated carbocycles. The quantitative estimate of drug-likeness (QED) is 0.485. The molecular weight excluding hydrogens is 378 g/mol.